The number of hydrogen-bond donors (Lipinski definition) is 1. The second kappa shape index (κ2) is 9.56. The SMILES string of the molecule is CNC(=O)[C@H](C)N(Cc1cccc(Br)c1)C(=O)COc1cccc2ccccc12. The quantitative estimate of drug-likeness (QED) is 0.583. The van der Waals surface area contributed by atoms with Crippen molar-refractivity contribution in [1.29, 1.82) is 0 Å². The fourth-order valence-corrected chi connectivity index (χ4v) is 3.61. The van der Waals surface area contributed by atoms with Gasteiger partial charge in [0, 0.05) is 23.5 Å². The molecule has 0 aliphatic carbocycles. The molecule has 3 rings (SSSR count). The second-order valence-electron chi connectivity index (χ2n) is 6.71. The molecule has 2 amide bonds. The lowest BCUT2D eigenvalue weighted by Gasteiger charge is -2.28. The Balaban J connectivity index is 1.79. The Labute approximate surface area is 178 Å². The van der Waals surface area contributed by atoms with Gasteiger partial charge < -0.3 is 15.0 Å². The Morgan fingerprint density at radius 1 is 1.07 bits per heavy atom. The fourth-order valence-electron chi connectivity index (χ4n) is 3.17. The van der Waals surface area contributed by atoms with Gasteiger partial charge in [0.25, 0.3) is 5.91 Å². The zero-order chi connectivity index (χ0) is 20.8. The van der Waals surface area contributed by atoms with Crippen LogP contribution in [0.15, 0.2) is 71.2 Å². The van der Waals surface area contributed by atoms with Gasteiger partial charge in [0.05, 0.1) is 0 Å². The predicted octanol–water partition coefficient (Wildman–Crippen LogP) is 4.14. The molecule has 1 N–H and O–H groups in total. The highest BCUT2D eigenvalue weighted by atomic mass is 79.9. The molecule has 0 saturated carbocycles. The van der Waals surface area contributed by atoms with Crippen molar-refractivity contribution in [2.75, 3.05) is 13.7 Å². The average Bonchev–Trinajstić information content (AvgIpc) is 2.74. The maximum Gasteiger partial charge on any atom is 0.261 e. The van der Waals surface area contributed by atoms with Gasteiger partial charge in [-0.15, -0.1) is 0 Å². The van der Waals surface area contributed by atoms with Crippen LogP contribution in [0.5, 0.6) is 5.75 Å². The van der Waals surface area contributed by atoms with Crippen molar-refractivity contribution in [3.05, 3.63) is 76.8 Å². The van der Waals surface area contributed by atoms with E-state index in [-0.39, 0.29) is 18.4 Å². The number of benzene rings is 3. The zero-order valence-corrected chi connectivity index (χ0v) is 18.0. The minimum absolute atomic E-state index is 0.149. The Morgan fingerprint density at radius 3 is 2.55 bits per heavy atom. The van der Waals surface area contributed by atoms with Gasteiger partial charge in [0.2, 0.25) is 5.91 Å². The lowest BCUT2D eigenvalue weighted by molar-refractivity contribution is -0.142. The van der Waals surface area contributed by atoms with Crippen LogP contribution in [0.3, 0.4) is 0 Å². The summed E-state index contributed by atoms with van der Waals surface area (Å²) in [5, 5.41) is 4.60. The summed E-state index contributed by atoms with van der Waals surface area (Å²) in [5.41, 5.74) is 0.925. The first-order chi connectivity index (χ1) is 14.0. The van der Waals surface area contributed by atoms with Crippen LogP contribution in [0.25, 0.3) is 10.8 Å². The van der Waals surface area contributed by atoms with Crippen molar-refractivity contribution in [2.45, 2.75) is 19.5 Å². The molecule has 0 aliphatic heterocycles. The number of rotatable bonds is 7. The first-order valence-electron chi connectivity index (χ1n) is 9.35. The normalized spacial score (nSPS) is 11.7. The monoisotopic (exact) mass is 454 g/mol. The number of carbonyl (C=O) groups excluding carboxylic acids is 2. The maximum absolute atomic E-state index is 13.0. The van der Waals surface area contributed by atoms with Crippen molar-refractivity contribution >= 4 is 38.5 Å². The topological polar surface area (TPSA) is 58.6 Å². The van der Waals surface area contributed by atoms with Crippen LogP contribution in [-0.2, 0) is 16.1 Å². The molecule has 0 unspecified atom stereocenters. The highest BCUT2D eigenvalue weighted by Gasteiger charge is 2.26. The van der Waals surface area contributed by atoms with E-state index in [1.54, 1.807) is 14.0 Å². The molecule has 0 heterocycles. The molecule has 0 saturated heterocycles. The van der Waals surface area contributed by atoms with Gasteiger partial charge in [-0.1, -0.05) is 64.5 Å². The third-order valence-corrected chi connectivity index (χ3v) is 5.25. The summed E-state index contributed by atoms with van der Waals surface area (Å²) in [6.07, 6.45) is 0. The summed E-state index contributed by atoms with van der Waals surface area (Å²) >= 11 is 3.45. The van der Waals surface area contributed by atoms with E-state index in [9.17, 15) is 9.59 Å². The molecule has 0 spiro atoms. The molecule has 5 nitrogen and oxygen atoms in total. The molecule has 3 aromatic rings. The number of nitrogens with one attached hydrogen (secondary N) is 1. The van der Waals surface area contributed by atoms with E-state index in [0.717, 1.165) is 20.8 Å². The largest absolute Gasteiger partial charge is 0.483 e. The van der Waals surface area contributed by atoms with E-state index in [1.165, 1.54) is 4.90 Å². The first-order valence-corrected chi connectivity index (χ1v) is 10.1. The molecule has 150 valence electrons. The highest BCUT2D eigenvalue weighted by molar-refractivity contribution is 9.10. The lowest BCUT2D eigenvalue weighted by atomic mass is 10.1. The van der Waals surface area contributed by atoms with Crippen LogP contribution in [0.4, 0.5) is 0 Å². The predicted molar refractivity (Wildman–Crippen MR) is 118 cm³/mol. The Hall–Kier alpha value is -2.86. The first kappa shape index (κ1) is 20.9. The lowest BCUT2D eigenvalue weighted by Crippen LogP contribution is -2.48. The Kier molecular flexibility index (Phi) is 6.88. The summed E-state index contributed by atoms with van der Waals surface area (Å²) in [6.45, 7) is 1.88. The number of hydrogen-bond acceptors (Lipinski definition) is 3. The van der Waals surface area contributed by atoms with Gasteiger partial charge >= 0.3 is 0 Å². The van der Waals surface area contributed by atoms with E-state index in [0.29, 0.717) is 12.3 Å². The standard InChI is InChI=1S/C23H23BrN2O3/c1-16(23(28)25-2)26(14-17-7-5-10-19(24)13-17)22(27)15-29-21-12-6-9-18-8-3-4-11-20(18)21/h3-13,16H,14-15H2,1-2H3,(H,25,28)/t16-/m0/s1. The number of ether oxygens (including phenoxy) is 1. The summed E-state index contributed by atoms with van der Waals surface area (Å²) in [6, 6.07) is 20.6. The highest BCUT2D eigenvalue weighted by Crippen LogP contribution is 2.25. The fraction of sp³-hybridized carbons (Fsp3) is 0.217. The molecule has 1 atom stereocenters. The van der Waals surface area contributed by atoms with Crippen LogP contribution < -0.4 is 10.1 Å². The number of halogens is 1. The summed E-state index contributed by atoms with van der Waals surface area (Å²) in [5.74, 6) is 0.166. The molecular formula is C23H23BrN2O3. The van der Waals surface area contributed by atoms with E-state index >= 15 is 0 Å². The van der Waals surface area contributed by atoms with Crippen molar-refractivity contribution < 1.29 is 14.3 Å². The minimum Gasteiger partial charge on any atom is -0.483 e. The maximum atomic E-state index is 13.0. The Morgan fingerprint density at radius 2 is 1.79 bits per heavy atom. The van der Waals surface area contributed by atoms with Gasteiger partial charge in [0.15, 0.2) is 6.61 Å². The molecule has 3 aromatic carbocycles. The molecule has 29 heavy (non-hydrogen) atoms. The number of amides is 2. The van der Waals surface area contributed by atoms with Crippen molar-refractivity contribution in [1.82, 2.24) is 10.2 Å². The summed E-state index contributed by atoms with van der Waals surface area (Å²) in [7, 11) is 1.56. The molecule has 6 heteroatoms. The zero-order valence-electron chi connectivity index (χ0n) is 16.4. The van der Waals surface area contributed by atoms with Gasteiger partial charge in [0.1, 0.15) is 11.8 Å². The second-order valence-corrected chi connectivity index (χ2v) is 7.62. The minimum atomic E-state index is -0.623. The Bertz CT molecular complexity index is 1020. The number of fused-ring (bicyclic) bond motifs is 1. The molecule has 0 radical (unpaired) electrons. The molecule has 0 aliphatic rings. The van der Waals surface area contributed by atoms with Gasteiger partial charge in [-0.05, 0) is 36.1 Å². The third-order valence-electron chi connectivity index (χ3n) is 4.76. The third kappa shape index (κ3) is 5.15. The average molecular weight is 455 g/mol. The number of likely N-dealkylation sites (N-methyl/N-ethyl adjacent to an activating group) is 1. The van der Waals surface area contributed by atoms with Crippen LogP contribution in [0.2, 0.25) is 0 Å². The van der Waals surface area contributed by atoms with E-state index in [1.807, 2.05) is 66.7 Å². The van der Waals surface area contributed by atoms with Crippen LogP contribution in [-0.4, -0.2) is 36.4 Å². The van der Waals surface area contributed by atoms with Crippen LogP contribution in [0, 0.1) is 0 Å². The molecule has 0 aromatic heterocycles. The van der Waals surface area contributed by atoms with E-state index < -0.39 is 6.04 Å². The van der Waals surface area contributed by atoms with Gasteiger partial charge in [-0.3, -0.25) is 9.59 Å². The van der Waals surface area contributed by atoms with Crippen LogP contribution >= 0.6 is 15.9 Å². The van der Waals surface area contributed by atoms with Crippen molar-refractivity contribution in [3.8, 4) is 5.75 Å². The summed E-state index contributed by atoms with van der Waals surface area (Å²) in [4.78, 5) is 26.8. The van der Waals surface area contributed by atoms with Gasteiger partial charge in [-0.2, -0.15) is 0 Å². The summed E-state index contributed by atoms with van der Waals surface area (Å²) < 4.78 is 6.77. The molecule has 0 bridgehead atoms. The number of nitrogens with zero attached hydrogens (tertiary/aromatic N) is 1. The smallest absolute Gasteiger partial charge is 0.261 e. The molecule has 0 fully saturated rings. The van der Waals surface area contributed by atoms with E-state index in [2.05, 4.69) is 21.2 Å². The molecular weight excluding hydrogens is 432 g/mol. The van der Waals surface area contributed by atoms with Gasteiger partial charge in [-0.25, -0.2) is 0 Å². The van der Waals surface area contributed by atoms with E-state index in [4.69, 9.17) is 4.74 Å². The van der Waals surface area contributed by atoms with Crippen LogP contribution in [0.1, 0.15) is 12.5 Å². The number of carbonyl (C=O) groups is 2. The van der Waals surface area contributed by atoms with Crippen molar-refractivity contribution in [3.63, 3.8) is 0 Å². The van der Waals surface area contributed by atoms with Crippen molar-refractivity contribution in [2.24, 2.45) is 0 Å².